The molecule has 0 radical (unpaired) electrons. The molecule has 0 spiro atoms. The summed E-state index contributed by atoms with van der Waals surface area (Å²) in [4.78, 5) is 25.1. The molecule has 1 unspecified atom stereocenters. The highest BCUT2D eigenvalue weighted by Gasteiger charge is 2.26. The first-order valence-corrected chi connectivity index (χ1v) is 6.40. The Bertz CT molecular complexity index is 485. The molecule has 2 N–H and O–H groups in total. The Labute approximate surface area is 113 Å². The van der Waals surface area contributed by atoms with Crippen molar-refractivity contribution in [2.24, 2.45) is 0 Å². The molecule has 1 aliphatic rings. The van der Waals surface area contributed by atoms with Gasteiger partial charge in [-0.15, -0.1) is 0 Å². The van der Waals surface area contributed by atoms with Gasteiger partial charge in [-0.3, -0.25) is 9.59 Å². The van der Waals surface area contributed by atoms with Gasteiger partial charge in [-0.25, -0.2) is 0 Å². The van der Waals surface area contributed by atoms with Crippen LogP contribution in [0.15, 0.2) is 24.3 Å². The van der Waals surface area contributed by atoms with Crippen LogP contribution in [0.5, 0.6) is 0 Å². The molecule has 1 aliphatic heterocycles. The Morgan fingerprint density at radius 1 is 1.37 bits per heavy atom. The van der Waals surface area contributed by atoms with Crippen molar-refractivity contribution in [3.05, 3.63) is 29.8 Å². The Morgan fingerprint density at radius 2 is 2.11 bits per heavy atom. The van der Waals surface area contributed by atoms with Crippen LogP contribution in [-0.4, -0.2) is 43.9 Å². The lowest BCUT2D eigenvalue weighted by Gasteiger charge is -2.26. The Balaban J connectivity index is 2.03. The van der Waals surface area contributed by atoms with Crippen LogP contribution >= 0.6 is 0 Å². The van der Waals surface area contributed by atoms with E-state index in [0.717, 1.165) is 24.2 Å². The molecule has 0 saturated heterocycles. The van der Waals surface area contributed by atoms with Gasteiger partial charge >= 0.3 is 0 Å². The van der Waals surface area contributed by atoms with Gasteiger partial charge in [0.25, 0.3) is 0 Å². The van der Waals surface area contributed by atoms with Crippen molar-refractivity contribution in [3.63, 3.8) is 0 Å². The minimum atomic E-state index is -0.174. The molecular formula is C14H19N3O2. The normalized spacial score (nSPS) is 17.1. The highest BCUT2D eigenvalue weighted by Crippen LogP contribution is 2.31. The number of hydrogen-bond donors (Lipinski definition) is 2. The van der Waals surface area contributed by atoms with E-state index in [9.17, 15) is 9.59 Å². The number of carbonyl (C=O) groups excluding carboxylic acids is 2. The van der Waals surface area contributed by atoms with Crippen LogP contribution in [0.2, 0.25) is 0 Å². The summed E-state index contributed by atoms with van der Waals surface area (Å²) < 4.78 is 0. The summed E-state index contributed by atoms with van der Waals surface area (Å²) in [6.07, 6.45) is 0.749. The summed E-state index contributed by atoms with van der Waals surface area (Å²) in [6.45, 7) is 0.828. The van der Waals surface area contributed by atoms with E-state index in [1.165, 1.54) is 4.90 Å². The van der Waals surface area contributed by atoms with Gasteiger partial charge in [0.05, 0.1) is 12.5 Å². The lowest BCUT2D eigenvalue weighted by Crippen LogP contribution is -2.39. The number of hydrogen-bond acceptors (Lipinski definition) is 3. The second-order valence-electron chi connectivity index (χ2n) is 4.86. The van der Waals surface area contributed by atoms with E-state index in [1.54, 1.807) is 14.1 Å². The highest BCUT2D eigenvalue weighted by atomic mass is 16.2. The maximum absolute atomic E-state index is 12.2. The molecular weight excluding hydrogens is 242 g/mol. The molecule has 0 aliphatic carbocycles. The lowest BCUT2D eigenvalue weighted by molar-refractivity contribution is -0.131. The second-order valence-corrected chi connectivity index (χ2v) is 4.86. The van der Waals surface area contributed by atoms with Crippen molar-refractivity contribution in [2.45, 2.75) is 12.3 Å². The molecule has 19 heavy (non-hydrogen) atoms. The highest BCUT2D eigenvalue weighted by molar-refractivity contribution is 5.89. The number of anilines is 1. The number of rotatable bonds is 3. The van der Waals surface area contributed by atoms with Crippen LogP contribution in [-0.2, 0) is 9.59 Å². The smallest absolute Gasteiger partial charge is 0.241 e. The van der Waals surface area contributed by atoms with E-state index >= 15 is 0 Å². The zero-order valence-electron chi connectivity index (χ0n) is 11.3. The largest absolute Gasteiger partial charge is 0.385 e. The zero-order chi connectivity index (χ0) is 13.8. The molecule has 1 aromatic rings. The predicted octanol–water partition coefficient (Wildman–Crippen LogP) is 0.790. The monoisotopic (exact) mass is 261 g/mol. The summed E-state index contributed by atoms with van der Waals surface area (Å²) in [6, 6.07) is 7.80. The van der Waals surface area contributed by atoms with Crippen molar-refractivity contribution in [1.82, 2.24) is 10.2 Å². The average molecular weight is 261 g/mol. The standard InChI is InChI=1S/C14H19N3O2/c1-17(2)13(18)9-16-14(19)11-7-8-15-12-6-4-3-5-10(11)12/h3-6,11,15H,7-9H2,1-2H3,(H,16,19). The Kier molecular flexibility index (Phi) is 4.04. The number of amides is 2. The molecule has 1 aromatic carbocycles. The Hall–Kier alpha value is -2.04. The first kappa shape index (κ1) is 13.4. The van der Waals surface area contributed by atoms with Gasteiger partial charge in [-0.1, -0.05) is 18.2 Å². The van der Waals surface area contributed by atoms with Gasteiger partial charge in [0.2, 0.25) is 11.8 Å². The number of nitrogens with one attached hydrogen (secondary N) is 2. The topological polar surface area (TPSA) is 61.4 Å². The van der Waals surface area contributed by atoms with Crippen molar-refractivity contribution in [3.8, 4) is 0 Å². The number of nitrogens with zero attached hydrogens (tertiary/aromatic N) is 1. The molecule has 2 rings (SSSR count). The number of likely N-dealkylation sites (N-methyl/N-ethyl adjacent to an activating group) is 1. The maximum Gasteiger partial charge on any atom is 0.241 e. The zero-order valence-corrected chi connectivity index (χ0v) is 11.3. The summed E-state index contributed by atoms with van der Waals surface area (Å²) in [5.74, 6) is -0.355. The second kappa shape index (κ2) is 5.73. The number of benzene rings is 1. The van der Waals surface area contributed by atoms with Crippen LogP contribution in [0.1, 0.15) is 17.9 Å². The minimum Gasteiger partial charge on any atom is -0.385 e. The molecule has 5 heteroatoms. The average Bonchev–Trinajstić information content (AvgIpc) is 2.43. The third-order valence-electron chi connectivity index (χ3n) is 3.31. The van der Waals surface area contributed by atoms with Crippen molar-refractivity contribution < 1.29 is 9.59 Å². The van der Waals surface area contributed by atoms with E-state index in [4.69, 9.17) is 0 Å². The van der Waals surface area contributed by atoms with E-state index in [0.29, 0.717) is 0 Å². The molecule has 0 saturated carbocycles. The molecule has 0 aromatic heterocycles. The molecule has 1 atom stereocenters. The van der Waals surface area contributed by atoms with Gasteiger partial charge < -0.3 is 15.5 Å². The van der Waals surface area contributed by atoms with Crippen molar-refractivity contribution >= 4 is 17.5 Å². The van der Waals surface area contributed by atoms with Crippen LogP contribution in [0, 0.1) is 0 Å². The number of fused-ring (bicyclic) bond motifs is 1. The predicted molar refractivity (Wildman–Crippen MR) is 74.0 cm³/mol. The quantitative estimate of drug-likeness (QED) is 0.845. The van der Waals surface area contributed by atoms with Gasteiger partial charge in [0, 0.05) is 26.3 Å². The van der Waals surface area contributed by atoms with Gasteiger partial charge in [-0.2, -0.15) is 0 Å². The van der Waals surface area contributed by atoms with Crippen LogP contribution in [0.25, 0.3) is 0 Å². The summed E-state index contributed by atoms with van der Waals surface area (Å²) in [5.41, 5.74) is 2.01. The summed E-state index contributed by atoms with van der Waals surface area (Å²) >= 11 is 0. The SMILES string of the molecule is CN(C)C(=O)CNC(=O)C1CCNc2ccccc21. The Morgan fingerprint density at radius 3 is 2.84 bits per heavy atom. The first-order valence-electron chi connectivity index (χ1n) is 6.40. The van der Waals surface area contributed by atoms with Crippen LogP contribution in [0.4, 0.5) is 5.69 Å². The lowest BCUT2D eigenvalue weighted by atomic mass is 9.90. The molecule has 0 fully saturated rings. The van der Waals surface area contributed by atoms with Crippen LogP contribution in [0.3, 0.4) is 0 Å². The van der Waals surface area contributed by atoms with E-state index in [-0.39, 0.29) is 24.3 Å². The van der Waals surface area contributed by atoms with Crippen molar-refractivity contribution in [2.75, 3.05) is 32.5 Å². The van der Waals surface area contributed by atoms with Gasteiger partial charge in [0.1, 0.15) is 0 Å². The first-order chi connectivity index (χ1) is 9.09. The fourth-order valence-electron chi connectivity index (χ4n) is 2.18. The molecule has 0 bridgehead atoms. The fraction of sp³-hybridized carbons (Fsp3) is 0.429. The van der Waals surface area contributed by atoms with E-state index in [1.807, 2.05) is 24.3 Å². The summed E-state index contributed by atoms with van der Waals surface area (Å²) in [7, 11) is 3.35. The molecule has 102 valence electrons. The minimum absolute atomic E-state index is 0.0535. The maximum atomic E-state index is 12.2. The fourth-order valence-corrected chi connectivity index (χ4v) is 2.18. The molecule has 5 nitrogen and oxygen atoms in total. The number of carbonyl (C=O) groups is 2. The van der Waals surface area contributed by atoms with Crippen LogP contribution < -0.4 is 10.6 Å². The summed E-state index contributed by atoms with van der Waals surface area (Å²) in [5, 5.41) is 5.99. The van der Waals surface area contributed by atoms with E-state index in [2.05, 4.69) is 10.6 Å². The van der Waals surface area contributed by atoms with E-state index < -0.39 is 0 Å². The molecule has 2 amide bonds. The molecule has 1 heterocycles. The number of para-hydroxylation sites is 1. The van der Waals surface area contributed by atoms with Gasteiger partial charge in [0.15, 0.2) is 0 Å². The third-order valence-corrected chi connectivity index (χ3v) is 3.31. The van der Waals surface area contributed by atoms with Gasteiger partial charge in [-0.05, 0) is 18.1 Å². The third kappa shape index (κ3) is 3.05. The van der Waals surface area contributed by atoms with Crippen molar-refractivity contribution in [1.29, 1.82) is 0 Å².